The van der Waals surface area contributed by atoms with Gasteiger partial charge in [0.2, 0.25) is 0 Å². The van der Waals surface area contributed by atoms with Gasteiger partial charge in [0, 0.05) is 18.6 Å². The zero-order valence-electron chi connectivity index (χ0n) is 12.3. The average molecular weight is 314 g/mol. The van der Waals surface area contributed by atoms with Crippen LogP contribution in [-0.4, -0.2) is 26.3 Å². The van der Waals surface area contributed by atoms with E-state index in [-0.39, 0.29) is 0 Å². The summed E-state index contributed by atoms with van der Waals surface area (Å²) in [7, 11) is 1.90. The summed E-state index contributed by atoms with van der Waals surface area (Å²) >= 11 is 6.01. The lowest BCUT2D eigenvalue weighted by Crippen LogP contribution is -2.23. The summed E-state index contributed by atoms with van der Waals surface area (Å²) in [5, 5.41) is 6.08. The maximum absolute atomic E-state index is 6.01. The van der Waals surface area contributed by atoms with Gasteiger partial charge in [-0.15, -0.1) is 0 Å². The molecule has 1 aromatic carbocycles. The number of hydrogen-bond donors (Lipinski definition) is 0. The Kier molecular flexibility index (Phi) is 3.22. The summed E-state index contributed by atoms with van der Waals surface area (Å²) in [5.74, 6) is 0.968. The molecule has 6 heteroatoms. The van der Waals surface area contributed by atoms with Crippen molar-refractivity contribution in [2.75, 3.05) is 11.4 Å². The molecule has 1 fully saturated rings. The molecule has 4 rings (SSSR count). The second-order valence-electron chi connectivity index (χ2n) is 5.61. The van der Waals surface area contributed by atoms with Gasteiger partial charge in [0.1, 0.15) is 12.1 Å². The normalized spacial score (nSPS) is 18.3. The summed E-state index contributed by atoms with van der Waals surface area (Å²) in [4.78, 5) is 11.2. The molecule has 0 radical (unpaired) electrons. The van der Waals surface area contributed by atoms with E-state index in [0.29, 0.717) is 6.04 Å². The fourth-order valence-electron chi connectivity index (χ4n) is 3.23. The third-order valence-electron chi connectivity index (χ3n) is 4.29. The van der Waals surface area contributed by atoms with Crippen LogP contribution in [0.1, 0.15) is 24.4 Å². The maximum Gasteiger partial charge on any atom is 0.163 e. The number of anilines is 1. The molecule has 22 heavy (non-hydrogen) atoms. The van der Waals surface area contributed by atoms with Crippen molar-refractivity contribution < 1.29 is 0 Å². The van der Waals surface area contributed by atoms with Crippen LogP contribution >= 0.6 is 11.6 Å². The van der Waals surface area contributed by atoms with Gasteiger partial charge in [0.15, 0.2) is 5.65 Å². The number of benzene rings is 1. The summed E-state index contributed by atoms with van der Waals surface area (Å²) < 4.78 is 1.79. The Morgan fingerprint density at radius 1 is 1.18 bits per heavy atom. The quantitative estimate of drug-likeness (QED) is 0.728. The first-order chi connectivity index (χ1) is 10.7. The number of aromatic nitrogens is 4. The lowest BCUT2D eigenvalue weighted by atomic mass is 10.0. The van der Waals surface area contributed by atoms with E-state index in [1.165, 1.54) is 5.56 Å². The van der Waals surface area contributed by atoms with Crippen LogP contribution < -0.4 is 4.90 Å². The van der Waals surface area contributed by atoms with Crippen LogP contribution in [0.25, 0.3) is 11.0 Å². The third kappa shape index (κ3) is 2.13. The molecule has 3 heterocycles. The molecular formula is C16H16ClN5. The molecule has 0 bridgehead atoms. The minimum Gasteiger partial charge on any atom is -0.349 e. The van der Waals surface area contributed by atoms with Crippen molar-refractivity contribution in [1.82, 2.24) is 19.7 Å². The Bertz CT molecular complexity index is 811. The van der Waals surface area contributed by atoms with Gasteiger partial charge >= 0.3 is 0 Å². The first-order valence-electron chi connectivity index (χ1n) is 7.39. The van der Waals surface area contributed by atoms with E-state index in [1.54, 1.807) is 11.0 Å². The number of rotatable bonds is 2. The Labute approximate surface area is 133 Å². The van der Waals surface area contributed by atoms with Gasteiger partial charge in [-0.25, -0.2) is 9.97 Å². The lowest BCUT2D eigenvalue weighted by molar-refractivity contribution is 0.713. The third-order valence-corrected chi connectivity index (χ3v) is 4.54. The molecule has 3 aromatic rings. The Hall–Kier alpha value is -2.14. The van der Waals surface area contributed by atoms with E-state index in [1.807, 2.05) is 25.4 Å². The van der Waals surface area contributed by atoms with Crippen LogP contribution in [0.15, 0.2) is 36.8 Å². The number of halogens is 1. The van der Waals surface area contributed by atoms with Crippen LogP contribution in [0.2, 0.25) is 5.02 Å². The van der Waals surface area contributed by atoms with Gasteiger partial charge in [0.25, 0.3) is 0 Å². The van der Waals surface area contributed by atoms with Crippen LogP contribution in [0.3, 0.4) is 0 Å². The molecule has 0 N–H and O–H groups in total. The fourth-order valence-corrected chi connectivity index (χ4v) is 3.36. The van der Waals surface area contributed by atoms with E-state index in [9.17, 15) is 0 Å². The first kappa shape index (κ1) is 13.5. The Balaban J connectivity index is 1.78. The lowest BCUT2D eigenvalue weighted by Gasteiger charge is -2.26. The summed E-state index contributed by atoms with van der Waals surface area (Å²) in [6.45, 7) is 0.994. The molecule has 1 atom stereocenters. The predicted octanol–water partition coefficient (Wildman–Crippen LogP) is 3.36. The zero-order chi connectivity index (χ0) is 15.1. The minimum absolute atomic E-state index is 0.329. The molecule has 2 aromatic heterocycles. The van der Waals surface area contributed by atoms with Gasteiger partial charge in [-0.05, 0) is 30.5 Å². The number of fused-ring (bicyclic) bond motifs is 1. The number of nitrogens with zero attached hydrogens (tertiary/aromatic N) is 5. The second-order valence-corrected chi connectivity index (χ2v) is 6.04. The van der Waals surface area contributed by atoms with Crippen molar-refractivity contribution in [3.63, 3.8) is 0 Å². The van der Waals surface area contributed by atoms with E-state index in [4.69, 9.17) is 11.6 Å². The highest BCUT2D eigenvalue weighted by Gasteiger charge is 2.28. The van der Waals surface area contributed by atoms with Crippen LogP contribution in [0.4, 0.5) is 5.82 Å². The standard InChI is InChI=1S/C16H16ClN5/c1-21-15-13(9-20-21)16(19-10-18-15)22-8-2-3-14(22)11-4-6-12(17)7-5-11/h4-7,9-10,14H,2-3,8H2,1H3/t14-/m1/s1. The van der Waals surface area contributed by atoms with E-state index >= 15 is 0 Å². The molecule has 0 amide bonds. The fraction of sp³-hybridized carbons (Fsp3) is 0.312. The molecule has 0 unspecified atom stereocenters. The van der Waals surface area contributed by atoms with Gasteiger partial charge in [-0.1, -0.05) is 23.7 Å². The SMILES string of the molecule is Cn1ncc2c(N3CCC[C@@H]3c3ccc(Cl)cc3)ncnc21. The predicted molar refractivity (Wildman–Crippen MR) is 87.1 cm³/mol. The first-order valence-corrected chi connectivity index (χ1v) is 7.76. The summed E-state index contributed by atoms with van der Waals surface area (Å²) in [6.07, 6.45) is 5.74. The highest BCUT2D eigenvalue weighted by Crippen LogP contribution is 2.37. The van der Waals surface area contributed by atoms with Gasteiger partial charge in [-0.3, -0.25) is 4.68 Å². The highest BCUT2D eigenvalue weighted by atomic mass is 35.5. The van der Waals surface area contributed by atoms with Crippen LogP contribution in [0.5, 0.6) is 0 Å². The summed E-state index contributed by atoms with van der Waals surface area (Å²) in [5.41, 5.74) is 2.14. The monoisotopic (exact) mass is 313 g/mol. The van der Waals surface area contributed by atoms with Gasteiger partial charge in [-0.2, -0.15) is 5.10 Å². The van der Waals surface area contributed by atoms with Crippen molar-refractivity contribution in [2.45, 2.75) is 18.9 Å². The van der Waals surface area contributed by atoms with E-state index in [0.717, 1.165) is 41.3 Å². The molecule has 1 saturated heterocycles. The molecule has 112 valence electrons. The van der Waals surface area contributed by atoms with Gasteiger partial charge < -0.3 is 4.90 Å². The molecule has 5 nitrogen and oxygen atoms in total. The molecule has 1 aliphatic heterocycles. The number of hydrogen-bond acceptors (Lipinski definition) is 4. The molecule has 0 spiro atoms. The van der Waals surface area contributed by atoms with Crippen molar-refractivity contribution in [2.24, 2.45) is 7.05 Å². The molecule has 1 aliphatic rings. The average Bonchev–Trinajstić information content (AvgIpc) is 3.15. The Morgan fingerprint density at radius 3 is 2.82 bits per heavy atom. The largest absolute Gasteiger partial charge is 0.349 e. The van der Waals surface area contributed by atoms with E-state index < -0.39 is 0 Å². The molecular weight excluding hydrogens is 298 g/mol. The van der Waals surface area contributed by atoms with E-state index in [2.05, 4.69) is 32.1 Å². The van der Waals surface area contributed by atoms with Crippen molar-refractivity contribution in [3.8, 4) is 0 Å². The Morgan fingerprint density at radius 2 is 2.00 bits per heavy atom. The molecule has 0 aliphatic carbocycles. The topological polar surface area (TPSA) is 46.8 Å². The van der Waals surface area contributed by atoms with Crippen molar-refractivity contribution in [3.05, 3.63) is 47.4 Å². The number of aryl methyl sites for hydroxylation is 1. The highest BCUT2D eigenvalue weighted by molar-refractivity contribution is 6.30. The van der Waals surface area contributed by atoms with Crippen LogP contribution in [0, 0.1) is 0 Å². The molecule has 0 saturated carbocycles. The van der Waals surface area contributed by atoms with Gasteiger partial charge in [0.05, 0.1) is 17.6 Å². The smallest absolute Gasteiger partial charge is 0.163 e. The van der Waals surface area contributed by atoms with Crippen LogP contribution in [-0.2, 0) is 7.05 Å². The minimum atomic E-state index is 0.329. The van der Waals surface area contributed by atoms with Crippen molar-refractivity contribution in [1.29, 1.82) is 0 Å². The zero-order valence-corrected chi connectivity index (χ0v) is 13.0. The van der Waals surface area contributed by atoms with Crippen molar-refractivity contribution >= 4 is 28.5 Å². The second kappa shape index (κ2) is 5.25. The summed E-state index contributed by atoms with van der Waals surface area (Å²) in [6, 6.07) is 8.44. The maximum atomic E-state index is 6.01.